The molecule has 0 bridgehead atoms. The molecule has 16 nitrogen and oxygen atoms in total. The first kappa shape index (κ1) is 32.9. The predicted octanol–water partition coefficient (Wildman–Crippen LogP) is 4.19. The Kier molecular flexibility index (Phi) is 10.7. The van der Waals surface area contributed by atoms with Crippen LogP contribution in [0.3, 0.4) is 0 Å². The van der Waals surface area contributed by atoms with Crippen molar-refractivity contribution in [3.05, 3.63) is 140 Å². The summed E-state index contributed by atoms with van der Waals surface area (Å²) in [6.07, 6.45) is 1.03. The third kappa shape index (κ3) is 9.03. The van der Waals surface area contributed by atoms with E-state index in [0.717, 1.165) is 12.1 Å². The van der Waals surface area contributed by atoms with Crippen molar-refractivity contribution in [2.45, 2.75) is 12.6 Å². The number of carbonyl (C=O) groups is 2. The average Bonchev–Trinajstić information content (AvgIpc) is 3.10. The van der Waals surface area contributed by atoms with Crippen LogP contribution in [0.15, 0.2) is 107 Å². The molecular weight excluding hydrogens is 628 g/mol. The minimum atomic E-state index is -0.891. The Balaban J connectivity index is 1.11. The molecule has 0 aliphatic carbocycles. The summed E-state index contributed by atoms with van der Waals surface area (Å²) in [6, 6.07) is 24.1. The minimum absolute atomic E-state index is 0.101. The van der Waals surface area contributed by atoms with Gasteiger partial charge in [-0.15, -0.1) is 0 Å². The SMILES string of the molecule is O=C(N/N=C\c1ccc(O[C@H]2OCCO[C@H]2Oc2ccc(/C=N\NC(=O)c3cccc([N+](=O)[O-])c3)cc2)cc1)c1cccc([N+](=O)[O-])c1. The number of amides is 2. The molecule has 5 rings (SSSR count). The van der Waals surface area contributed by atoms with Crippen molar-refractivity contribution in [1.29, 1.82) is 0 Å². The second-order valence-corrected chi connectivity index (χ2v) is 9.87. The van der Waals surface area contributed by atoms with Gasteiger partial charge in [0.2, 0.25) is 0 Å². The van der Waals surface area contributed by atoms with Crippen LogP contribution in [0.2, 0.25) is 0 Å². The number of hydrazone groups is 2. The van der Waals surface area contributed by atoms with E-state index in [0.29, 0.717) is 22.6 Å². The Hall–Kier alpha value is -6.52. The molecular formula is C32H26N6O10. The van der Waals surface area contributed by atoms with Crippen molar-refractivity contribution in [2.24, 2.45) is 10.2 Å². The van der Waals surface area contributed by atoms with Crippen molar-refractivity contribution >= 4 is 35.6 Å². The summed E-state index contributed by atoms with van der Waals surface area (Å²) in [4.78, 5) is 45.2. The first-order chi connectivity index (χ1) is 23.2. The number of rotatable bonds is 12. The predicted molar refractivity (Wildman–Crippen MR) is 170 cm³/mol. The Bertz CT molecular complexity index is 1710. The number of ether oxygens (including phenoxy) is 4. The third-order valence-corrected chi connectivity index (χ3v) is 6.53. The van der Waals surface area contributed by atoms with Crippen LogP contribution in [0.1, 0.15) is 31.8 Å². The summed E-state index contributed by atoms with van der Waals surface area (Å²) in [6.45, 7) is 0.577. The molecule has 0 saturated carbocycles. The lowest BCUT2D eigenvalue weighted by Gasteiger charge is -2.31. The summed E-state index contributed by atoms with van der Waals surface area (Å²) in [5.41, 5.74) is 5.75. The van der Waals surface area contributed by atoms with E-state index < -0.39 is 34.2 Å². The molecule has 0 unspecified atom stereocenters. The number of nitrogens with one attached hydrogen (secondary N) is 2. The van der Waals surface area contributed by atoms with Crippen LogP contribution >= 0.6 is 0 Å². The second-order valence-electron chi connectivity index (χ2n) is 9.87. The smallest absolute Gasteiger partial charge is 0.271 e. The van der Waals surface area contributed by atoms with E-state index in [1.807, 2.05) is 0 Å². The first-order valence-corrected chi connectivity index (χ1v) is 14.2. The highest BCUT2D eigenvalue weighted by atomic mass is 16.8. The van der Waals surface area contributed by atoms with Crippen molar-refractivity contribution in [3.63, 3.8) is 0 Å². The molecule has 16 heteroatoms. The normalized spacial score (nSPS) is 15.9. The van der Waals surface area contributed by atoms with Crippen molar-refractivity contribution < 1.29 is 38.4 Å². The molecule has 4 aromatic carbocycles. The van der Waals surface area contributed by atoms with Gasteiger partial charge >= 0.3 is 0 Å². The number of hydrogen-bond acceptors (Lipinski definition) is 12. The number of hydrogen-bond donors (Lipinski definition) is 2. The molecule has 1 fully saturated rings. The molecule has 1 aliphatic heterocycles. The molecule has 1 aliphatic rings. The molecule has 244 valence electrons. The van der Waals surface area contributed by atoms with E-state index in [9.17, 15) is 29.8 Å². The largest absolute Gasteiger partial charge is 0.458 e. The van der Waals surface area contributed by atoms with Gasteiger partial charge in [0.05, 0.1) is 35.5 Å². The molecule has 0 spiro atoms. The number of non-ortho nitro benzene ring substituents is 2. The molecule has 2 N–H and O–H groups in total. The standard InChI is InChI=1S/C32H26N6O10/c39-29(23-3-1-5-25(17-23)37(41)42)35-33-19-21-7-11-27(12-8-21)47-31-32(46-16-15-45-31)48-28-13-9-22(10-14-28)20-34-36-30(40)24-4-2-6-26(18-24)38(43)44/h1-14,17-20,31-32H,15-16H2,(H,35,39)(H,36,40)/b33-19-,34-20-/t31-,32+. The van der Waals surface area contributed by atoms with Crippen LogP contribution in [0.4, 0.5) is 11.4 Å². The van der Waals surface area contributed by atoms with Gasteiger partial charge in [0.1, 0.15) is 11.5 Å². The maximum absolute atomic E-state index is 12.3. The first-order valence-electron chi connectivity index (χ1n) is 14.2. The van der Waals surface area contributed by atoms with E-state index in [4.69, 9.17) is 18.9 Å². The number of nitrogens with zero attached hydrogens (tertiary/aromatic N) is 4. The number of carbonyl (C=O) groups excluding carboxylic acids is 2. The highest BCUT2D eigenvalue weighted by Crippen LogP contribution is 2.22. The lowest BCUT2D eigenvalue weighted by Crippen LogP contribution is -2.45. The van der Waals surface area contributed by atoms with Crippen LogP contribution in [0.5, 0.6) is 11.5 Å². The van der Waals surface area contributed by atoms with Crippen LogP contribution in [0.25, 0.3) is 0 Å². The molecule has 2 atom stereocenters. The fraction of sp³-hybridized carbons (Fsp3) is 0.125. The van der Waals surface area contributed by atoms with Crippen molar-refractivity contribution in [2.75, 3.05) is 13.2 Å². The van der Waals surface area contributed by atoms with E-state index >= 15 is 0 Å². The van der Waals surface area contributed by atoms with Crippen LogP contribution in [-0.4, -0.2) is 59.9 Å². The van der Waals surface area contributed by atoms with Gasteiger partial charge in [0.25, 0.3) is 35.8 Å². The third-order valence-electron chi connectivity index (χ3n) is 6.53. The zero-order chi connectivity index (χ0) is 33.9. The molecule has 1 saturated heterocycles. The van der Waals surface area contributed by atoms with Gasteiger partial charge in [0, 0.05) is 35.4 Å². The summed E-state index contributed by atoms with van der Waals surface area (Å²) in [7, 11) is 0. The molecule has 0 radical (unpaired) electrons. The van der Waals surface area contributed by atoms with Crippen LogP contribution < -0.4 is 20.3 Å². The highest BCUT2D eigenvalue weighted by Gasteiger charge is 2.31. The monoisotopic (exact) mass is 654 g/mol. The number of nitro benzene ring substituents is 2. The van der Waals surface area contributed by atoms with Gasteiger partial charge in [-0.1, -0.05) is 12.1 Å². The second kappa shape index (κ2) is 15.7. The Morgan fingerprint density at radius 1 is 0.667 bits per heavy atom. The minimum Gasteiger partial charge on any atom is -0.458 e. The van der Waals surface area contributed by atoms with E-state index in [1.165, 1.54) is 48.8 Å². The Morgan fingerprint density at radius 3 is 1.44 bits per heavy atom. The number of nitro groups is 2. The number of benzene rings is 4. The lowest BCUT2D eigenvalue weighted by molar-refractivity contribution is -0.385. The van der Waals surface area contributed by atoms with Crippen LogP contribution in [0, 0.1) is 20.2 Å². The average molecular weight is 655 g/mol. The Morgan fingerprint density at radius 2 is 1.06 bits per heavy atom. The van der Waals surface area contributed by atoms with E-state index in [2.05, 4.69) is 21.1 Å². The van der Waals surface area contributed by atoms with Gasteiger partial charge in [-0.05, 0) is 71.8 Å². The molecule has 1 heterocycles. The van der Waals surface area contributed by atoms with Gasteiger partial charge < -0.3 is 18.9 Å². The van der Waals surface area contributed by atoms with Crippen molar-refractivity contribution in [1.82, 2.24) is 10.9 Å². The molecule has 48 heavy (non-hydrogen) atoms. The van der Waals surface area contributed by atoms with E-state index in [1.54, 1.807) is 48.5 Å². The molecule has 4 aromatic rings. The summed E-state index contributed by atoms with van der Waals surface area (Å²) < 4.78 is 23.3. The quantitative estimate of drug-likeness (QED) is 0.127. The summed E-state index contributed by atoms with van der Waals surface area (Å²) >= 11 is 0. The van der Waals surface area contributed by atoms with Gasteiger partial charge in [-0.3, -0.25) is 29.8 Å². The zero-order valence-corrected chi connectivity index (χ0v) is 24.8. The van der Waals surface area contributed by atoms with E-state index in [-0.39, 0.29) is 35.7 Å². The van der Waals surface area contributed by atoms with Gasteiger partial charge in [0.15, 0.2) is 0 Å². The van der Waals surface area contributed by atoms with Crippen molar-refractivity contribution in [3.8, 4) is 11.5 Å². The van der Waals surface area contributed by atoms with Crippen LogP contribution in [-0.2, 0) is 9.47 Å². The zero-order valence-electron chi connectivity index (χ0n) is 24.8. The Labute approximate surface area is 271 Å². The topological polar surface area (TPSA) is 206 Å². The maximum atomic E-state index is 12.3. The fourth-order valence-corrected chi connectivity index (χ4v) is 4.18. The maximum Gasteiger partial charge on any atom is 0.271 e. The molecule has 2 amide bonds. The molecule has 0 aromatic heterocycles. The summed E-state index contributed by atoms with van der Waals surface area (Å²) in [5.74, 6) is -0.282. The highest BCUT2D eigenvalue weighted by molar-refractivity contribution is 5.96. The van der Waals surface area contributed by atoms with Gasteiger partial charge in [-0.2, -0.15) is 10.2 Å². The van der Waals surface area contributed by atoms with Gasteiger partial charge in [-0.25, -0.2) is 10.9 Å². The lowest BCUT2D eigenvalue weighted by atomic mass is 10.2. The fourth-order valence-electron chi connectivity index (χ4n) is 4.18. The summed E-state index contributed by atoms with van der Waals surface area (Å²) in [5, 5.41) is 29.6.